The van der Waals surface area contributed by atoms with Gasteiger partial charge in [-0.05, 0) is 36.8 Å². The number of halogens is 2. The standard InChI is InChI=1S/C16H15ClFNO3/c1-9-6-14(21-2)15(22-3)8-13(9)19-16(20)11-5-4-10(17)7-12(11)18/h4-8H,1-3H3,(H,19,20). The summed E-state index contributed by atoms with van der Waals surface area (Å²) in [5.74, 6) is -0.219. The fraction of sp³-hybridized carbons (Fsp3) is 0.188. The number of aryl methyl sites for hydroxylation is 1. The fourth-order valence-electron chi connectivity index (χ4n) is 1.98. The molecule has 6 heteroatoms. The van der Waals surface area contributed by atoms with Gasteiger partial charge in [-0.25, -0.2) is 4.39 Å². The molecule has 2 rings (SSSR count). The number of methoxy groups -OCH3 is 2. The molecule has 0 unspecified atom stereocenters. The van der Waals surface area contributed by atoms with E-state index >= 15 is 0 Å². The average molecular weight is 324 g/mol. The first-order valence-electron chi connectivity index (χ1n) is 6.45. The summed E-state index contributed by atoms with van der Waals surface area (Å²) in [7, 11) is 3.02. The highest BCUT2D eigenvalue weighted by Crippen LogP contribution is 2.33. The lowest BCUT2D eigenvalue weighted by Gasteiger charge is -2.14. The first-order chi connectivity index (χ1) is 10.5. The van der Waals surface area contributed by atoms with Gasteiger partial charge in [0.2, 0.25) is 0 Å². The van der Waals surface area contributed by atoms with Crippen molar-refractivity contribution in [2.75, 3.05) is 19.5 Å². The van der Waals surface area contributed by atoms with Gasteiger partial charge in [0.15, 0.2) is 11.5 Å². The lowest BCUT2D eigenvalue weighted by atomic mass is 10.1. The molecule has 0 aliphatic heterocycles. The summed E-state index contributed by atoms with van der Waals surface area (Å²) in [6.07, 6.45) is 0. The molecule has 0 spiro atoms. The minimum Gasteiger partial charge on any atom is -0.493 e. The van der Waals surface area contributed by atoms with E-state index < -0.39 is 11.7 Å². The Morgan fingerprint density at radius 3 is 2.36 bits per heavy atom. The number of carbonyl (C=O) groups excluding carboxylic acids is 1. The van der Waals surface area contributed by atoms with Crippen LogP contribution >= 0.6 is 11.6 Å². The molecule has 0 heterocycles. The van der Waals surface area contributed by atoms with E-state index in [1.165, 1.54) is 26.4 Å². The van der Waals surface area contributed by atoms with Crippen LogP contribution in [0.25, 0.3) is 0 Å². The van der Waals surface area contributed by atoms with Crippen LogP contribution in [0.2, 0.25) is 5.02 Å². The van der Waals surface area contributed by atoms with Crippen LogP contribution in [0.1, 0.15) is 15.9 Å². The van der Waals surface area contributed by atoms with Gasteiger partial charge in [-0.2, -0.15) is 0 Å². The van der Waals surface area contributed by atoms with Crippen LogP contribution in [0, 0.1) is 12.7 Å². The summed E-state index contributed by atoms with van der Waals surface area (Å²) < 4.78 is 24.2. The molecule has 0 saturated carbocycles. The number of ether oxygens (including phenoxy) is 2. The van der Waals surface area contributed by atoms with Gasteiger partial charge in [0.1, 0.15) is 5.82 Å². The van der Waals surface area contributed by atoms with Crippen molar-refractivity contribution in [2.45, 2.75) is 6.92 Å². The molecule has 22 heavy (non-hydrogen) atoms. The highest BCUT2D eigenvalue weighted by molar-refractivity contribution is 6.30. The van der Waals surface area contributed by atoms with Crippen molar-refractivity contribution in [3.05, 3.63) is 52.3 Å². The van der Waals surface area contributed by atoms with Crippen LogP contribution in [-0.4, -0.2) is 20.1 Å². The third kappa shape index (κ3) is 3.31. The van der Waals surface area contributed by atoms with Crippen molar-refractivity contribution in [3.8, 4) is 11.5 Å². The van der Waals surface area contributed by atoms with E-state index in [4.69, 9.17) is 21.1 Å². The smallest absolute Gasteiger partial charge is 0.258 e. The van der Waals surface area contributed by atoms with Gasteiger partial charge in [0.05, 0.1) is 19.8 Å². The molecule has 0 atom stereocenters. The summed E-state index contributed by atoms with van der Waals surface area (Å²) >= 11 is 5.68. The van der Waals surface area contributed by atoms with Crippen LogP contribution in [-0.2, 0) is 0 Å². The number of hydrogen-bond acceptors (Lipinski definition) is 3. The Morgan fingerprint density at radius 1 is 1.14 bits per heavy atom. The van der Waals surface area contributed by atoms with Gasteiger partial charge < -0.3 is 14.8 Å². The lowest BCUT2D eigenvalue weighted by molar-refractivity contribution is 0.102. The SMILES string of the molecule is COc1cc(C)c(NC(=O)c2ccc(Cl)cc2F)cc1OC. The molecule has 0 fully saturated rings. The molecule has 0 saturated heterocycles. The number of amides is 1. The van der Waals surface area contributed by atoms with Gasteiger partial charge in [-0.1, -0.05) is 11.6 Å². The highest BCUT2D eigenvalue weighted by Gasteiger charge is 2.15. The zero-order valence-electron chi connectivity index (χ0n) is 12.4. The van der Waals surface area contributed by atoms with Gasteiger partial charge in [-0.3, -0.25) is 4.79 Å². The van der Waals surface area contributed by atoms with E-state index in [9.17, 15) is 9.18 Å². The predicted octanol–water partition coefficient (Wildman–Crippen LogP) is 4.06. The molecular weight excluding hydrogens is 309 g/mol. The van der Waals surface area contributed by atoms with E-state index in [0.29, 0.717) is 17.2 Å². The van der Waals surface area contributed by atoms with Crippen molar-refractivity contribution in [2.24, 2.45) is 0 Å². The molecule has 0 aromatic heterocycles. The Labute approximate surface area is 132 Å². The van der Waals surface area contributed by atoms with Crippen LogP contribution in [0.15, 0.2) is 30.3 Å². The van der Waals surface area contributed by atoms with Gasteiger partial charge in [0, 0.05) is 16.8 Å². The van der Waals surface area contributed by atoms with E-state index in [-0.39, 0.29) is 10.6 Å². The number of anilines is 1. The lowest BCUT2D eigenvalue weighted by Crippen LogP contribution is -2.14. The van der Waals surface area contributed by atoms with Gasteiger partial charge >= 0.3 is 0 Å². The number of hydrogen-bond donors (Lipinski definition) is 1. The first-order valence-corrected chi connectivity index (χ1v) is 6.83. The number of rotatable bonds is 4. The molecule has 0 radical (unpaired) electrons. The number of benzene rings is 2. The maximum atomic E-state index is 13.8. The van der Waals surface area contributed by atoms with Crippen LogP contribution < -0.4 is 14.8 Å². The molecule has 4 nitrogen and oxygen atoms in total. The summed E-state index contributed by atoms with van der Waals surface area (Å²) in [5.41, 5.74) is 1.19. The quantitative estimate of drug-likeness (QED) is 0.923. The Balaban J connectivity index is 2.32. The Morgan fingerprint density at radius 2 is 1.77 bits per heavy atom. The molecule has 116 valence electrons. The molecule has 0 bridgehead atoms. The van der Waals surface area contributed by atoms with Crippen molar-refractivity contribution in [1.29, 1.82) is 0 Å². The number of nitrogens with one attached hydrogen (secondary N) is 1. The summed E-state index contributed by atoms with van der Waals surface area (Å²) in [4.78, 5) is 12.2. The fourth-order valence-corrected chi connectivity index (χ4v) is 2.14. The molecular formula is C16H15ClFNO3. The Hall–Kier alpha value is -2.27. The maximum Gasteiger partial charge on any atom is 0.258 e. The highest BCUT2D eigenvalue weighted by atomic mass is 35.5. The van der Waals surface area contributed by atoms with E-state index in [1.54, 1.807) is 19.1 Å². The topological polar surface area (TPSA) is 47.6 Å². The van der Waals surface area contributed by atoms with Crippen molar-refractivity contribution < 1.29 is 18.7 Å². The molecule has 2 aromatic carbocycles. The molecule has 0 aliphatic carbocycles. The second-order valence-corrected chi connectivity index (χ2v) is 5.04. The van der Waals surface area contributed by atoms with E-state index in [2.05, 4.69) is 5.32 Å². The largest absolute Gasteiger partial charge is 0.493 e. The predicted molar refractivity (Wildman–Crippen MR) is 83.6 cm³/mol. The van der Waals surface area contributed by atoms with Crippen LogP contribution in [0.4, 0.5) is 10.1 Å². The van der Waals surface area contributed by atoms with Crippen molar-refractivity contribution >= 4 is 23.2 Å². The molecule has 2 aromatic rings. The average Bonchev–Trinajstić information content (AvgIpc) is 2.48. The Kier molecular flexibility index (Phi) is 4.88. The normalized spacial score (nSPS) is 10.2. The zero-order chi connectivity index (χ0) is 16.3. The van der Waals surface area contributed by atoms with E-state index in [0.717, 1.165) is 11.6 Å². The maximum absolute atomic E-state index is 13.8. The van der Waals surface area contributed by atoms with Gasteiger partial charge in [0.25, 0.3) is 5.91 Å². The summed E-state index contributed by atoms with van der Waals surface area (Å²) in [6.45, 7) is 1.80. The third-order valence-electron chi connectivity index (χ3n) is 3.15. The first kappa shape index (κ1) is 16.1. The van der Waals surface area contributed by atoms with Crippen molar-refractivity contribution in [3.63, 3.8) is 0 Å². The minimum atomic E-state index is -0.678. The second-order valence-electron chi connectivity index (χ2n) is 4.60. The molecule has 1 N–H and O–H groups in total. The Bertz CT molecular complexity index is 719. The number of carbonyl (C=O) groups is 1. The summed E-state index contributed by atoms with van der Waals surface area (Å²) in [5, 5.41) is 2.89. The third-order valence-corrected chi connectivity index (χ3v) is 3.39. The van der Waals surface area contributed by atoms with Crippen LogP contribution in [0.5, 0.6) is 11.5 Å². The molecule has 1 amide bonds. The zero-order valence-corrected chi connectivity index (χ0v) is 13.1. The van der Waals surface area contributed by atoms with Crippen LogP contribution in [0.3, 0.4) is 0 Å². The molecule has 0 aliphatic rings. The van der Waals surface area contributed by atoms with E-state index in [1.807, 2.05) is 0 Å². The summed E-state index contributed by atoms with van der Waals surface area (Å²) in [6, 6.07) is 7.24. The monoisotopic (exact) mass is 323 g/mol. The second kappa shape index (κ2) is 6.66. The van der Waals surface area contributed by atoms with Crippen molar-refractivity contribution in [1.82, 2.24) is 0 Å². The van der Waals surface area contributed by atoms with Gasteiger partial charge in [-0.15, -0.1) is 0 Å². The minimum absolute atomic E-state index is 0.0846.